The van der Waals surface area contributed by atoms with E-state index >= 15 is 0 Å². The standard InChI is InChI=1S/C48H31N/c49-37-24-23-34-27-33(21-22-35(34)29-37)32-15-9-16-36(28-32)38-25-26-43-46-39(38)19-10-20-42(46)47-44(30-11-3-1-4-12-30)40-17-7-8-18-41(40)45(48(43)47)31-13-5-2-6-14-31/h1-29H,49H2. The van der Waals surface area contributed by atoms with Gasteiger partial charge in [0.2, 0.25) is 0 Å². The molecule has 0 radical (unpaired) electrons. The Labute approximate surface area is 285 Å². The Kier molecular flexibility index (Phi) is 6.10. The summed E-state index contributed by atoms with van der Waals surface area (Å²) in [4.78, 5) is 0. The molecule has 228 valence electrons. The normalized spacial score (nSPS) is 11.8. The van der Waals surface area contributed by atoms with Crippen LogP contribution in [-0.2, 0) is 0 Å². The van der Waals surface area contributed by atoms with Gasteiger partial charge in [-0.3, -0.25) is 0 Å². The third-order valence-corrected chi connectivity index (χ3v) is 10.3. The fourth-order valence-electron chi connectivity index (χ4n) is 8.17. The third-order valence-electron chi connectivity index (χ3n) is 10.3. The average Bonchev–Trinajstić information content (AvgIpc) is 3.49. The molecule has 0 fully saturated rings. The minimum atomic E-state index is 0.788. The molecule has 0 aliphatic heterocycles. The molecule has 0 unspecified atom stereocenters. The minimum absolute atomic E-state index is 0.788. The highest BCUT2D eigenvalue weighted by atomic mass is 14.5. The Morgan fingerprint density at radius 3 is 1.51 bits per heavy atom. The van der Waals surface area contributed by atoms with Crippen molar-refractivity contribution in [2.75, 3.05) is 5.73 Å². The van der Waals surface area contributed by atoms with Crippen molar-refractivity contribution in [1.82, 2.24) is 0 Å². The van der Waals surface area contributed by atoms with Crippen LogP contribution in [0.1, 0.15) is 0 Å². The summed E-state index contributed by atoms with van der Waals surface area (Å²) in [6, 6.07) is 64.1. The lowest BCUT2D eigenvalue weighted by molar-refractivity contribution is 1.62. The van der Waals surface area contributed by atoms with E-state index in [-0.39, 0.29) is 0 Å². The molecule has 1 nitrogen and oxygen atoms in total. The number of benzene rings is 9. The molecule has 0 atom stereocenters. The van der Waals surface area contributed by atoms with Gasteiger partial charge in [-0.25, -0.2) is 0 Å². The Morgan fingerprint density at radius 1 is 0.286 bits per heavy atom. The largest absolute Gasteiger partial charge is 0.399 e. The molecule has 0 saturated carbocycles. The van der Waals surface area contributed by atoms with Gasteiger partial charge in [0.15, 0.2) is 0 Å². The molecule has 0 bridgehead atoms. The molecule has 0 aromatic heterocycles. The van der Waals surface area contributed by atoms with Gasteiger partial charge in [0.25, 0.3) is 0 Å². The van der Waals surface area contributed by atoms with Gasteiger partial charge in [0, 0.05) is 5.69 Å². The first-order valence-corrected chi connectivity index (χ1v) is 16.9. The zero-order chi connectivity index (χ0) is 32.5. The van der Waals surface area contributed by atoms with Crippen LogP contribution in [0.25, 0.3) is 99.1 Å². The summed E-state index contributed by atoms with van der Waals surface area (Å²) in [7, 11) is 0. The predicted molar refractivity (Wildman–Crippen MR) is 210 cm³/mol. The van der Waals surface area contributed by atoms with E-state index in [0.717, 1.165) is 11.1 Å². The van der Waals surface area contributed by atoms with Gasteiger partial charge in [-0.15, -0.1) is 0 Å². The van der Waals surface area contributed by atoms with E-state index in [9.17, 15) is 0 Å². The second-order valence-electron chi connectivity index (χ2n) is 13.1. The van der Waals surface area contributed by atoms with E-state index in [1.54, 1.807) is 0 Å². The van der Waals surface area contributed by atoms with Crippen molar-refractivity contribution in [1.29, 1.82) is 0 Å². The molecule has 0 amide bonds. The van der Waals surface area contributed by atoms with E-state index < -0.39 is 0 Å². The number of rotatable bonds is 4. The molecule has 49 heavy (non-hydrogen) atoms. The van der Waals surface area contributed by atoms with Gasteiger partial charge in [-0.05, 0) is 123 Å². The fourth-order valence-corrected chi connectivity index (χ4v) is 8.17. The first-order chi connectivity index (χ1) is 24.2. The van der Waals surface area contributed by atoms with Gasteiger partial charge in [-0.1, -0.05) is 152 Å². The summed E-state index contributed by atoms with van der Waals surface area (Å²) in [6.45, 7) is 0. The summed E-state index contributed by atoms with van der Waals surface area (Å²) >= 11 is 0. The van der Waals surface area contributed by atoms with E-state index in [0.29, 0.717) is 0 Å². The van der Waals surface area contributed by atoms with Gasteiger partial charge < -0.3 is 5.73 Å². The predicted octanol–water partition coefficient (Wildman–Crippen LogP) is 13.0. The summed E-state index contributed by atoms with van der Waals surface area (Å²) < 4.78 is 0. The van der Waals surface area contributed by atoms with Crippen LogP contribution in [0.2, 0.25) is 0 Å². The van der Waals surface area contributed by atoms with Crippen molar-refractivity contribution in [2.24, 2.45) is 0 Å². The first kappa shape index (κ1) is 27.7. The van der Waals surface area contributed by atoms with Gasteiger partial charge in [-0.2, -0.15) is 0 Å². The highest BCUT2D eigenvalue weighted by Crippen LogP contribution is 2.58. The molecule has 1 heteroatoms. The summed E-state index contributed by atoms with van der Waals surface area (Å²) in [5.74, 6) is 0. The molecule has 9 aromatic carbocycles. The van der Waals surface area contributed by atoms with Crippen LogP contribution >= 0.6 is 0 Å². The SMILES string of the molecule is Nc1ccc2cc(-c3cccc(-c4ccc5c6c(cccc46)-c4c-5c(-c5ccccc5)c5ccccc5c4-c4ccccc4)c3)ccc2c1. The Hall–Kier alpha value is -6.44. The monoisotopic (exact) mass is 621 g/mol. The Bertz CT molecular complexity index is 2670. The maximum Gasteiger partial charge on any atom is 0.0320 e. The van der Waals surface area contributed by atoms with E-state index in [4.69, 9.17) is 5.73 Å². The van der Waals surface area contributed by atoms with Crippen LogP contribution in [0, 0.1) is 0 Å². The molecule has 2 N–H and O–H groups in total. The first-order valence-electron chi connectivity index (χ1n) is 16.9. The lowest BCUT2D eigenvalue weighted by Crippen LogP contribution is -1.93. The van der Waals surface area contributed by atoms with Crippen molar-refractivity contribution in [3.8, 4) is 66.8 Å². The van der Waals surface area contributed by atoms with Crippen LogP contribution < -0.4 is 5.73 Å². The highest BCUT2D eigenvalue weighted by molar-refractivity contribution is 6.28. The zero-order valence-electron chi connectivity index (χ0n) is 26.8. The lowest BCUT2D eigenvalue weighted by atomic mass is 9.82. The van der Waals surface area contributed by atoms with Crippen LogP contribution in [0.15, 0.2) is 176 Å². The molecule has 1 aliphatic rings. The van der Waals surface area contributed by atoms with E-state index in [2.05, 4.69) is 164 Å². The molecular formula is C48H31N. The van der Waals surface area contributed by atoms with Crippen LogP contribution in [-0.4, -0.2) is 0 Å². The van der Waals surface area contributed by atoms with Crippen LogP contribution in [0.5, 0.6) is 0 Å². The number of anilines is 1. The van der Waals surface area contributed by atoms with Crippen molar-refractivity contribution >= 4 is 38.0 Å². The topological polar surface area (TPSA) is 26.0 Å². The van der Waals surface area contributed by atoms with Crippen molar-refractivity contribution in [3.63, 3.8) is 0 Å². The number of fused-ring (bicyclic) bond motifs is 5. The van der Waals surface area contributed by atoms with Crippen molar-refractivity contribution in [2.45, 2.75) is 0 Å². The Balaban J connectivity index is 1.24. The summed E-state index contributed by atoms with van der Waals surface area (Å²) in [6.07, 6.45) is 0. The molecule has 0 spiro atoms. The number of hydrogen-bond donors (Lipinski definition) is 1. The average molecular weight is 622 g/mol. The van der Waals surface area contributed by atoms with Crippen LogP contribution in [0.4, 0.5) is 5.69 Å². The molecule has 1 aliphatic carbocycles. The molecule has 0 saturated heterocycles. The molecular weight excluding hydrogens is 591 g/mol. The maximum absolute atomic E-state index is 6.06. The van der Waals surface area contributed by atoms with Crippen LogP contribution in [0.3, 0.4) is 0 Å². The number of nitrogen functional groups attached to an aromatic ring is 1. The summed E-state index contributed by atoms with van der Waals surface area (Å²) in [5, 5.41) is 7.51. The van der Waals surface area contributed by atoms with Gasteiger partial charge in [0.1, 0.15) is 0 Å². The van der Waals surface area contributed by atoms with E-state index in [1.165, 1.54) is 93.7 Å². The summed E-state index contributed by atoms with van der Waals surface area (Å²) in [5.41, 5.74) is 22.0. The third kappa shape index (κ3) is 4.26. The second-order valence-corrected chi connectivity index (χ2v) is 13.1. The second kappa shape index (κ2) is 10.8. The molecule has 0 heterocycles. The number of nitrogens with two attached hydrogens (primary N) is 1. The minimum Gasteiger partial charge on any atom is -0.399 e. The maximum atomic E-state index is 6.06. The molecule has 9 aromatic rings. The van der Waals surface area contributed by atoms with Gasteiger partial charge in [0.05, 0.1) is 0 Å². The molecule has 10 rings (SSSR count). The quantitative estimate of drug-likeness (QED) is 0.194. The lowest BCUT2D eigenvalue weighted by Gasteiger charge is -2.20. The Morgan fingerprint density at radius 2 is 0.796 bits per heavy atom. The zero-order valence-corrected chi connectivity index (χ0v) is 26.8. The smallest absolute Gasteiger partial charge is 0.0320 e. The van der Waals surface area contributed by atoms with E-state index in [1.807, 2.05) is 12.1 Å². The van der Waals surface area contributed by atoms with Crippen molar-refractivity contribution in [3.05, 3.63) is 176 Å². The number of hydrogen-bond acceptors (Lipinski definition) is 1. The van der Waals surface area contributed by atoms with Crippen molar-refractivity contribution < 1.29 is 0 Å². The van der Waals surface area contributed by atoms with Gasteiger partial charge >= 0.3 is 0 Å². The highest BCUT2D eigenvalue weighted by Gasteiger charge is 2.31. The fraction of sp³-hybridized carbons (Fsp3) is 0.